The second kappa shape index (κ2) is 8.68. The van der Waals surface area contributed by atoms with Crippen molar-refractivity contribution in [3.63, 3.8) is 0 Å². The summed E-state index contributed by atoms with van der Waals surface area (Å²) in [5, 5.41) is 8.53. The summed E-state index contributed by atoms with van der Waals surface area (Å²) in [5.74, 6) is 0.193. The number of pyridine rings is 1. The number of rotatable bonds is 5. The van der Waals surface area contributed by atoms with Crippen LogP contribution in [-0.2, 0) is 22.4 Å². The molecule has 1 saturated heterocycles. The lowest BCUT2D eigenvalue weighted by Crippen LogP contribution is -2.35. The predicted octanol–water partition coefficient (Wildman–Crippen LogP) is 3.26. The number of aryl methyl sites for hydroxylation is 1. The van der Waals surface area contributed by atoms with Crippen molar-refractivity contribution in [2.24, 2.45) is 0 Å². The number of Topliss-reactive ketones (excluding diaryl/α,β-unsaturated/α-hetero) is 1. The Balaban J connectivity index is 1.54. The molecule has 1 atom stereocenters. The molecule has 0 spiro atoms. The standard InChI is InChI=1S/C22H28N4O3/c1-15-6-5-7-17(23-15)12-19(27)13-18-8-9-20(25-24-18)16-10-11-26(14-16)21(28)29-22(2,3)4/h5-9,16H,10-14H2,1-4H3. The van der Waals surface area contributed by atoms with Crippen molar-refractivity contribution in [3.8, 4) is 0 Å². The number of amides is 1. The van der Waals surface area contributed by atoms with Crippen LogP contribution in [0.15, 0.2) is 30.3 Å². The Hall–Kier alpha value is -2.83. The Morgan fingerprint density at radius 1 is 1.10 bits per heavy atom. The van der Waals surface area contributed by atoms with Crippen molar-refractivity contribution in [3.05, 3.63) is 53.1 Å². The number of likely N-dealkylation sites (tertiary alicyclic amines) is 1. The first-order valence-corrected chi connectivity index (χ1v) is 9.94. The van der Waals surface area contributed by atoms with Crippen LogP contribution in [0, 0.1) is 6.92 Å². The van der Waals surface area contributed by atoms with Crippen LogP contribution in [0.3, 0.4) is 0 Å². The summed E-state index contributed by atoms with van der Waals surface area (Å²) in [5.41, 5.74) is 2.65. The molecule has 0 bridgehead atoms. The average Bonchev–Trinajstić information content (AvgIpc) is 3.11. The molecule has 0 aromatic carbocycles. The lowest BCUT2D eigenvalue weighted by Gasteiger charge is -2.24. The summed E-state index contributed by atoms with van der Waals surface area (Å²) in [6.45, 7) is 8.70. The van der Waals surface area contributed by atoms with Gasteiger partial charge in [0.2, 0.25) is 0 Å². The van der Waals surface area contributed by atoms with E-state index >= 15 is 0 Å². The molecule has 1 aliphatic heterocycles. The number of hydrogen-bond donors (Lipinski definition) is 0. The molecule has 3 rings (SSSR count). The summed E-state index contributed by atoms with van der Waals surface area (Å²) >= 11 is 0. The fraction of sp³-hybridized carbons (Fsp3) is 0.500. The van der Waals surface area contributed by atoms with Gasteiger partial charge in [0.1, 0.15) is 11.4 Å². The third-order valence-corrected chi connectivity index (χ3v) is 4.70. The first kappa shape index (κ1) is 20.9. The molecule has 3 heterocycles. The molecule has 0 N–H and O–H groups in total. The van der Waals surface area contributed by atoms with Crippen LogP contribution in [0.1, 0.15) is 55.9 Å². The van der Waals surface area contributed by atoms with Crippen molar-refractivity contribution < 1.29 is 14.3 Å². The Labute approximate surface area is 171 Å². The molecule has 0 aliphatic carbocycles. The number of carbonyl (C=O) groups is 2. The molecule has 7 nitrogen and oxygen atoms in total. The maximum atomic E-state index is 12.3. The van der Waals surface area contributed by atoms with Crippen molar-refractivity contribution in [1.29, 1.82) is 0 Å². The third-order valence-electron chi connectivity index (χ3n) is 4.70. The highest BCUT2D eigenvalue weighted by atomic mass is 16.6. The minimum absolute atomic E-state index is 0.0575. The fourth-order valence-electron chi connectivity index (χ4n) is 3.34. The third kappa shape index (κ3) is 6.07. The molecule has 7 heteroatoms. The topological polar surface area (TPSA) is 85.3 Å². The molecule has 2 aromatic heterocycles. The second-order valence-corrected chi connectivity index (χ2v) is 8.52. The number of nitrogens with zero attached hydrogens (tertiary/aromatic N) is 4. The van der Waals surface area contributed by atoms with E-state index < -0.39 is 5.60 Å². The molecule has 0 radical (unpaired) electrons. The van der Waals surface area contributed by atoms with E-state index in [2.05, 4.69) is 15.2 Å². The number of aromatic nitrogens is 3. The van der Waals surface area contributed by atoms with E-state index in [4.69, 9.17) is 4.74 Å². The zero-order valence-corrected chi connectivity index (χ0v) is 17.5. The number of ketones is 1. The predicted molar refractivity (Wildman–Crippen MR) is 109 cm³/mol. The monoisotopic (exact) mass is 396 g/mol. The van der Waals surface area contributed by atoms with Crippen LogP contribution in [0.2, 0.25) is 0 Å². The normalized spacial score (nSPS) is 16.7. The van der Waals surface area contributed by atoms with Crippen LogP contribution < -0.4 is 0 Å². The Morgan fingerprint density at radius 2 is 1.86 bits per heavy atom. The van der Waals surface area contributed by atoms with Gasteiger partial charge in [-0.3, -0.25) is 9.78 Å². The first-order valence-electron chi connectivity index (χ1n) is 9.94. The SMILES string of the molecule is Cc1cccc(CC(=O)Cc2ccc(C3CCN(C(=O)OC(C)(C)C)C3)nn2)n1. The number of hydrogen-bond acceptors (Lipinski definition) is 6. The summed E-state index contributed by atoms with van der Waals surface area (Å²) in [7, 11) is 0. The van der Waals surface area contributed by atoms with E-state index in [1.807, 2.05) is 58.0 Å². The highest BCUT2D eigenvalue weighted by molar-refractivity contribution is 5.82. The highest BCUT2D eigenvalue weighted by Crippen LogP contribution is 2.26. The average molecular weight is 396 g/mol. The lowest BCUT2D eigenvalue weighted by molar-refractivity contribution is -0.117. The zero-order valence-electron chi connectivity index (χ0n) is 17.5. The molecule has 1 fully saturated rings. The van der Waals surface area contributed by atoms with Gasteiger partial charge in [0.25, 0.3) is 0 Å². The maximum Gasteiger partial charge on any atom is 0.410 e. The van der Waals surface area contributed by atoms with Gasteiger partial charge in [0, 0.05) is 36.8 Å². The minimum atomic E-state index is -0.503. The summed E-state index contributed by atoms with van der Waals surface area (Å²) in [6.07, 6.45) is 1.06. The first-order chi connectivity index (χ1) is 13.7. The van der Waals surface area contributed by atoms with Gasteiger partial charge in [0.05, 0.1) is 17.8 Å². The summed E-state index contributed by atoms with van der Waals surface area (Å²) in [4.78, 5) is 30.6. The van der Waals surface area contributed by atoms with Gasteiger partial charge in [-0.15, -0.1) is 0 Å². The molecule has 29 heavy (non-hydrogen) atoms. The minimum Gasteiger partial charge on any atom is -0.444 e. The fourth-order valence-corrected chi connectivity index (χ4v) is 3.34. The molecular weight excluding hydrogens is 368 g/mol. The Bertz CT molecular complexity index is 874. The van der Waals surface area contributed by atoms with E-state index in [1.54, 1.807) is 4.90 Å². The Kier molecular flexibility index (Phi) is 6.25. The summed E-state index contributed by atoms with van der Waals surface area (Å²) < 4.78 is 5.43. The van der Waals surface area contributed by atoms with Crippen molar-refractivity contribution in [2.45, 2.75) is 58.5 Å². The van der Waals surface area contributed by atoms with Crippen LogP contribution in [0.4, 0.5) is 4.79 Å². The van der Waals surface area contributed by atoms with E-state index in [1.165, 1.54) is 0 Å². The molecule has 1 aliphatic rings. The van der Waals surface area contributed by atoms with Crippen LogP contribution in [0.25, 0.3) is 0 Å². The van der Waals surface area contributed by atoms with Gasteiger partial charge in [-0.2, -0.15) is 10.2 Å². The van der Waals surface area contributed by atoms with Gasteiger partial charge in [-0.1, -0.05) is 6.07 Å². The molecule has 1 unspecified atom stereocenters. The Morgan fingerprint density at radius 3 is 2.52 bits per heavy atom. The molecule has 2 aromatic rings. The number of carbonyl (C=O) groups excluding carboxylic acids is 2. The van der Waals surface area contributed by atoms with Gasteiger partial charge in [0.15, 0.2) is 0 Å². The highest BCUT2D eigenvalue weighted by Gasteiger charge is 2.31. The van der Waals surface area contributed by atoms with E-state index in [0.717, 1.165) is 23.5 Å². The molecule has 1 amide bonds. The van der Waals surface area contributed by atoms with E-state index in [9.17, 15) is 9.59 Å². The van der Waals surface area contributed by atoms with Crippen LogP contribution >= 0.6 is 0 Å². The van der Waals surface area contributed by atoms with E-state index in [0.29, 0.717) is 25.2 Å². The quantitative estimate of drug-likeness (QED) is 0.771. The van der Waals surface area contributed by atoms with Gasteiger partial charge >= 0.3 is 6.09 Å². The lowest BCUT2D eigenvalue weighted by atomic mass is 10.0. The van der Waals surface area contributed by atoms with Crippen molar-refractivity contribution in [2.75, 3.05) is 13.1 Å². The smallest absolute Gasteiger partial charge is 0.410 e. The van der Waals surface area contributed by atoms with E-state index in [-0.39, 0.29) is 24.2 Å². The van der Waals surface area contributed by atoms with Crippen LogP contribution in [-0.4, -0.2) is 50.6 Å². The van der Waals surface area contributed by atoms with Gasteiger partial charge < -0.3 is 9.64 Å². The van der Waals surface area contributed by atoms with Crippen molar-refractivity contribution >= 4 is 11.9 Å². The number of ether oxygens (including phenoxy) is 1. The van der Waals surface area contributed by atoms with Gasteiger partial charge in [-0.25, -0.2) is 4.79 Å². The second-order valence-electron chi connectivity index (χ2n) is 8.52. The zero-order chi connectivity index (χ0) is 21.0. The molecule has 154 valence electrons. The molecule has 0 saturated carbocycles. The summed E-state index contributed by atoms with van der Waals surface area (Å²) in [6, 6.07) is 9.42. The van der Waals surface area contributed by atoms with Gasteiger partial charge in [-0.05, 0) is 58.4 Å². The largest absolute Gasteiger partial charge is 0.444 e. The molecular formula is C22H28N4O3. The van der Waals surface area contributed by atoms with Crippen molar-refractivity contribution in [1.82, 2.24) is 20.1 Å². The maximum absolute atomic E-state index is 12.3. The van der Waals surface area contributed by atoms with Crippen LogP contribution in [0.5, 0.6) is 0 Å².